The summed E-state index contributed by atoms with van der Waals surface area (Å²) >= 11 is 0. The second-order valence-corrected chi connectivity index (χ2v) is 10.4. The Balaban J connectivity index is 1.45. The number of benzene rings is 1. The highest BCUT2D eigenvalue weighted by Crippen LogP contribution is 2.56. The summed E-state index contributed by atoms with van der Waals surface area (Å²) < 4.78 is 35.1. The van der Waals surface area contributed by atoms with Gasteiger partial charge in [0.25, 0.3) is 0 Å². The van der Waals surface area contributed by atoms with E-state index in [1.54, 1.807) is 18.2 Å². The summed E-state index contributed by atoms with van der Waals surface area (Å²) in [7, 11) is -1.54. The normalized spacial score (nSPS) is 36.2. The van der Waals surface area contributed by atoms with Crippen LogP contribution in [0.4, 0.5) is 5.69 Å². The van der Waals surface area contributed by atoms with Gasteiger partial charge < -0.3 is 9.64 Å². The maximum atomic E-state index is 13.1. The van der Waals surface area contributed by atoms with Crippen molar-refractivity contribution in [1.29, 1.82) is 0 Å². The van der Waals surface area contributed by atoms with Gasteiger partial charge in [-0.05, 0) is 74.5 Å². The summed E-state index contributed by atoms with van der Waals surface area (Å²) in [5.74, 6) is 2.92. The number of likely N-dealkylation sites (N-methyl/N-ethyl adjacent to an activating group) is 1. The predicted molar refractivity (Wildman–Crippen MR) is 96.4 cm³/mol. The van der Waals surface area contributed by atoms with Gasteiger partial charge in [-0.25, -0.2) is 13.1 Å². The monoisotopic (exact) mass is 362 g/mol. The number of nitrogens with one attached hydrogen (secondary N) is 1. The third-order valence-corrected chi connectivity index (χ3v) is 8.30. The number of hydrogen-bond acceptors (Lipinski definition) is 4. The van der Waals surface area contributed by atoms with Gasteiger partial charge in [-0.3, -0.25) is 0 Å². The second kappa shape index (κ2) is 5.36. The van der Waals surface area contributed by atoms with Crippen LogP contribution in [0.1, 0.15) is 38.5 Å². The number of hydrogen-bond donors (Lipinski definition) is 1. The standard InChI is InChI=1S/C19H26N2O3S/c1-21-4-5-24-18-3-2-16(9-17(18)21)25(22,23)20-19-10-13-6-14(11-19)8-15(7-13)12-19/h2-3,9,13-15,20H,4-8,10-12H2,1H3. The van der Waals surface area contributed by atoms with Crippen LogP contribution < -0.4 is 14.4 Å². The van der Waals surface area contributed by atoms with E-state index < -0.39 is 10.0 Å². The van der Waals surface area contributed by atoms with Crippen molar-refractivity contribution in [2.24, 2.45) is 17.8 Å². The van der Waals surface area contributed by atoms with E-state index in [9.17, 15) is 8.42 Å². The van der Waals surface area contributed by atoms with Crippen molar-refractivity contribution in [3.63, 3.8) is 0 Å². The number of fused-ring (bicyclic) bond motifs is 1. The Hall–Kier alpha value is -1.27. The molecule has 5 aliphatic rings. The van der Waals surface area contributed by atoms with Crippen LogP contribution in [0, 0.1) is 17.8 Å². The van der Waals surface area contributed by atoms with Crippen molar-refractivity contribution in [2.75, 3.05) is 25.1 Å². The number of anilines is 1. The maximum absolute atomic E-state index is 13.1. The lowest BCUT2D eigenvalue weighted by atomic mass is 9.53. The van der Waals surface area contributed by atoms with Gasteiger partial charge in [0, 0.05) is 12.6 Å². The number of ether oxygens (including phenoxy) is 1. The van der Waals surface area contributed by atoms with Crippen molar-refractivity contribution in [1.82, 2.24) is 4.72 Å². The van der Waals surface area contributed by atoms with Crippen molar-refractivity contribution >= 4 is 15.7 Å². The van der Waals surface area contributed by atoms with Crippen LogP contribution in [0.5, 0.6) is 5.75 Å². The molecule has 4 fully saturated rings. The predicted octanol–water partition coefficient (Wildman–Crippen LogP) is 2.76. The molecule has 4 saturated carbocycles. The molecule has 4 bridgehead atoms. The minimum atomic E-state index is -3.51. The molecule has 4 aliphatic carbocycles. The van der Waals surface area contributed by atoms with E-state index in [-0.39, 0.29) is 5.54 Å². The summed E-state index contributed by atoms with van der Waals surface area (Å²) in [6, 6.07) is 5.23. The van der Waals surface area contributed by atoms with Crippen molar-refractivity contribution < 1.29 is 13.2 Å². The smallest absolute Gasteiger partial charge is 0.241 e. The largest absolute Gasteiger partial charge is 0.490 e. The maximum Gasteiger partial charge on any atom is 0.241 e. The Bertz CT molecular complexity index is 770. The molecule has 1 N–H and O–H groups in total. The van der Waals surface area contributed by atoms with E-state index in [1.807, 2.05) is 7.05 Å². The summed E-state index contributed by atoms with van der Waals surface area (Å²) in [5.41, 5.74) is 0.658. The van der Waals surface area contributed by atoms with Crippen molar-refractivity contribution in [3.8, 4) is 5.75 Å². The van der Waals surface area contributed by atoms with Crippen LogP contribution in [0.15, 0.2) is 23.1 Å². The highest BCUT2D eigenvalue weighted by atomic mass is 32.2. The summed E-state index contributed by atoms with van der Waals surface area (Å²) in [4.78, 5) is 2.42. The zero-order valence-electron chi connectivity index (χ0n) is 14.7. The van der Waals surface area contributed by atoms with Gasteiger partial charge in [0.15, 0.2) is 0 Å². The number of rotatable bonds is 3. The van der Waals surface area contributed by atoms with Crippen LogP contribution in [-0.2, 0) is 10.0 Å². The quantitative estimate of drug-likeness (QED) is 0.898. The van der Waals surface area contributed by atoms with Gasteiger partial charge in [-0.2, -0.15) is 0 Å². The molecule has 136 valence electrons. The molecule has 25 heavy (non-hydrogen) atoms. The van der Waals surface area contributed by atoms with Gasteiger partial charge in [0.2, 0.25) is 10.0 Å². The van der Waals surface area contributed by atoms with Crippen molar-refractivity contribution in [2.45, 2.75) is 49.0 Å². The molecule has 5 nitrogen and oxygen atoms in total. The zero-order valence-corrected chi connectivity index (χ0v) is 15.5. The SMILES string of the molecule is CN1CCOc2ccc(S(=O)(=O)NC34CC5CC(CC(C5)C3)C4)cc21. The Kier molecular flexibility index (Phi) is 3.42. The average molecular weight is 362 g/mol. The third kappa shape index (κ3) is 2.65. The first-order valence-corrected chi connectivity index (χ1v) is 10.9. The highest BCUT2D eigenvalue weighted by Gasteiger charge is 2.52. The van der Waals surface area contributed by atoms with E-state index in [2.05, 4.69) is 9.62 Å². The summed E-state index contributed by atoms with van der Waals surface area (Å²) in [6.45, 7) is 1.42. The van der Waals surface area contributed by atoms with Crippen molar-refractivity contribution in [3.05, 3.63) is 18.2 Å². The van der Waals surface area contributed by atoms with Gasteiger partial charge >= 0.3 is 0 Å². The molecule has 6 heteroatoms. The lowest BCUT2D eigenvalue weighted by Crippen LogP contribution is -2.59. The zero-order chi connectivity index (χ0) is 17.2. The van der Waals surface area contributed by atoms with E-state index in [1.165, 1.54) is 19.3 Å². The van der Waals surface area contributed by atoms with Gasteiger partial charge in [0.05, 0.1) is 17.1 Å². The first kappa shape index (κ1) is 15.9. The molecular weight excluding hydrogens is 336 g/mol. The lowest BCUT2D eigenvalue weighted by Gasteiger charge is -2.56. The fraction of sp³-hybridized carbons (Fsp3) is 0.684. The molecule has 0 unspecified atom stereocenters. The number of sulfonamides is 1. The van der Waals surface area contributed by atoms with E-state index in [0.29, 0.717) is 11.5 Å². The van der Waals surface area contributed by atoms with E-state index >= 15 is 0 Å². The topological polar surface area (TPSA) is 58.6 Å². The van der Waals surface area contributed by atoms with Crippen LogP contribution in [0.2, 0.25) is 0 Å². The Morgan fingerprint density at radius 1 is 1.12 bits per heavy atom. The molecule has 1 aromatic rings. The van der Waals surface area contributed by atoms with Gasteiger partial charge in [0.1, 0.15) is 12.4 Å². The van der Waals surface area contributed by atoms with Crippen LogP contribution >= 0.6 is 0 Å². The number of nitrogens with zero attached hydrogens (tertiary/aromatic N) is 1. The fourth-order valence-corrected chi connectivity index (χ4v) is 7.53. The van der Waals surface area contributed by atoms with Crippen LogP contribution in [0.25, 0.3) is 0 Å². The average Bonchev–Trinajstić information content (AvgIpc) is 2.52. The molecule has 1 aromatic carbocycles. The first-order chi connectivity index (χ1) is 11.9. The minimum absolute atomic E-state index is 0.202. The van der Waals surface area contributed by atoms with E-state index in [0.717, 1.165) is 55.0 Å². The molecule has 0 saturated heterocycles. The summed E-state index contributed by atoms with van der Waals surface area (Å²) in [5, 5.41) is 0. The molecule has 0 radical (unpaired) electrons. The minimum Gasteiger partial charge on any atom is -0.490 e. The highest BCUT2D eigenvalue weighted by molar-refractivity contribution is 7.89. The van der Waals surface area contributed by atoms with Gasteiger partial charge in [-0.15, -0.1) is 0 Å². The van der Waals surface area contributed by atoms with E-state index in [4.69, 9.17) is 4.74 Å². The Morgan fingerprint density at radius 2 is 1.76 bits per heavy atom. The summed E-state index contributed by atoms with van der Waals surface area (Å²) in [6.07, 6.45) is 6.98. The third-order valence-electron chi connectivity index (χ3n) is 6.73. The molecule has 0 aromatic heterocycles. The molecule has 0 atom stereocenters. The molecule has 6 rings (SSSR count). The molecule has 0 amide bonds. The molecule has 1 heterocycles. The molecular formula is C19H26N2O3S. The van der Waals surface area contributed by atoms with Crippen LogP contribution in [0.3, 0.4) is 0 Å². The van der Waals surface area contributed by atoms with Gasteiger partial charge in [-0.1, -0.05) is 0 Å². The molecule has 0 spiro atoms. The lowest BCUT2D eigenvalue weighted by molar-refractivity contribution is -0.00810. The second-order valence-electron chi connectivity index (χ2n) is 8.70. The van der Waals surface area contributed by atoms with Crippen LogP contribution in [-0.4, -0.2) is 34.2 Å². The fourth-order valence-electron chi connectivity index (χ4n) is 6.08. The Morgan fingerprint density at radius 3 is 2.40 bits per heavy atom. The Labute approximate surface area is 149 Å². The first-order valence-electron chi connectivity index (χ1n) is 9.44. The molecule has 1 aliphatic heterocycles.